The van der Waals surface area contributed by atoms with Crippen LogP contribution < -0.4 is 0 Å². The van der Waals surface area contributed by atoms with E-state index in [-0.39, 0.29) is 26.4 Å². The number of hydrogen-bond donors (Lipinski definition) is 1. The highest BCUT2D eigenvalue weighted by Crippen LogP contribution is 2.59. The maximum absolute atomic E-state index is 11.1. The molecule has 3 fully saturated rings. The molecule has 64 valence electrons. The lowest BCUT2D eigenvalue weighted by atomic mass is 9.93. The normalized spacial score (nSPS) is 49.5. The number of hydrogen-bond acceptors (Lipinski definition) is 5. The predicted molar refractivity (Wildman–Crippen MR) is 35.0 cm³/mol. The van der Waals surface area contributed by atoms with Crippen molar-refractivity contribution in [3.63, 3.8) is 0 Å². The van der Waals surface area contributed by atoms with Gasteiger partial charge in [-0.1, -0.05) is 0 Å². The van der Waals surface area contributed by atoms with Gasteiger partial charge in [-0.3, -0.25) is 13.6 Å². The topological polar surface area (TPSA) is 65.0 Å². The minimum atomic E-state index is -3.20. The van der Waals surface area contributed by atoms with Gasteiger partial charge >= 0.3 is 7.82 Å². The lowest BCUT2D eigenvalue weighted by Crippen LogP contribution is -2.47. The zero-order chi connectivity index (χ0) is 7.95. The highest BCUT2D eigenvalue weighted by molar-refractivity contribution is 7.48. The molecule has 0 aromatic carbocycles. The number of phosphoric acid groups is 1. The summed E-state index contributed by atoms with van der Waals surface area (Å²) in [6.07, 6.45) is 0. The summed E-state index contributed by atoms with van der Waals surface area (Å²) in [6, 6.07) is 0. The summed E-state index contributed by atoms with van der Waals surface area (Å²) in [6.45, 7) is 0.731. The number of phosphoric ester groups is 1. The third-order valence-corrected chi connectivity index (χ3v) is 3.26. The first-order chi connectivity index (χ1) is 5.18. The van der Waals surface area contributed by atoms with Crippen molar-refractivity contribution in [2.45, 2.75) is 0 Å². The first-order valence-electron chi connectivity index (χ1n) is 3.33. The van der Waals surface area contributed by atoms with Crippen molar-refractivity contribution in [1.82, 2.24) is 0 Å². The van der Waals surface area contributed by atoms with Gasteiger partial charge in [-0.2, -0.15) is 0 Å². The average molecular weight is 180 g/mol. The van der Waals surface area contributed by atoms with Gasteiger partial charge in [0.05, 0.1) is 31.8 Å². The van der Waals surface area contributed by atoms with Gasteiger partial charge in [-0.05, 0) is 0 Å². The van der Waals surface area contributed by atoms with Crippen LogP contribution in [0.4, 0.5) is 0 Å². The van der Waals surface area contributed by atoms with Gasteiger partial charge in [0.2, 0.25) is 0 Å². The van der Waals surface area contributed by atoms with Crippen LogP contribution in [-0.4, -0.2) is 31.5 Å². The van der Waals surface area contributed by atoms with Crippen molar-refractivity contribution < 1.29 is 23.2 Å². The summed E-state index contributed by atoms with van der Waals surface area (Å²) in [5.41, 5.74) is -0.480. The van der Waals surface area contributed by atoms with Crippen LogP contribution in [0.2, 0.25) is 0 Å². The Hall–Kier alpha value is 0.0700. The first-order valence-corrected chi connectivity index (χ1v) is 4.79. The van der Waals surface area contributed by atoms with Gasteiger partial charge in [0.1, 0.15) is 0 Å². The molecule has 0 aromatic rings. The second-order valence-corrected chi connectivity index (χ2v) is 4.59. The number of aliphatic hydroxyl groups excluding tert-OH is 1. The average Bonchev–Trinajstić information content (AvgIpc) is 2.07. The van der Waals surface area contributed by atoms with Gasteiger partial charge in [0, 0.05) is 0 Å². The van der Waals surface area contributed by atoms with Gasteiger partial charge in [0.25, 0.3) is 0 Å². The quantitative estimate of drug-likeness (QED) is 0.582. The molecule has 0 saturated carbocycles. The molecular weight excluding hydrogens is 171 g/mol. The van der Waals surface area contributed by atoms with E-state index in [2.05, 4.69) is 0 Å². The summed E-state index contributed by atoms with van der Waals surface area (Å²) in [7, 11) is -3.20. The molecule has 11 heavy (non-hydrogen) atoms. The third-order valence-electron chi connectivity index (χ3n) is 1.92. The van der Waals surface area contributed by atoms with Crippen molar-refractivity contribution in [3.8, 4) is 0 Å². The van der Waals surface area contributed by atoms with Crippen LogP contribution >= 0.6 is 7.82 Å². The standard InChI is InChI=1S/C5H9O5P/c6-1-5-2-8-11(7,9-3-5)10-4-5/h6H,1-4H2. The Labute approximate surface area is 63.9 Å². The Morgan fingerprint density at radius 1 is 1.27 bits per heavy atom. The third kappa shape index (κ3) is 1.13. The Morgan fingerprint density at radius 2 is 1.73 bits per heavy atom. The summed E-state index contributed by atoms with van der Waals surface area (Å²) < 4.78 is 25.6. The van der Waals surface area contributed by atoms with E-state index in [1.165, 1.54) is 0 Å². The second kappa shape index (κ2) is 2.28. The van der Waals surface area contributed by atoms with E-state index in [1.54, 1.807) is 0 Å². The molecule has 2 bridgehead atoms. The van der Waals surface area contributed by atoms with Crippen LogP contribution in [0, 0.1) is 5.41 Å². The highest BCUT2D eigenvalue weighted by Gasteiger charge is 2.50. The monoisotopic (exact) mass is 180 g/mol. The number of rotatable bonds is 1. The van der Waals surface area contributed by atoms with Crippen molar-refractivity contribution in [1.29, 1.82) is 0 Å². The predicted octanol–water partition coefficient (Wildman–Crippen LogP) is 0.150. The highest BCUT2D eigenvalue weighted by atomic mass is 31.2. The Balaban J connectivity index is 2.18. The Morgan fingerprint density at radius 3 is 2.09 bits per heavy atom. The number of fused-ring (bicyclic) bond motifs is 3. The lowest BCUT2D eigenvalue weighted by molar-refractivity contribution is -0.114. The minimum absolute atomic E-state index is 0.0625. The zero-order valence-corrected chi connectivity index (χ0v) is 6.75. The van der Waals surface area contributed by atoms with Crippen LogP contribution in [0.15, 0.2) is 0 Å². The molecule has 3 saturated heterocycles. The van der Waals surface area contributed by atoms with Crippen LogP contribution in [0.25, 0.3) is 0 Å². The molecular formula is C5H9O5P. The van der Waals surface area contributed by atoms with Crippen molar-refractivity contribution in [2.24, 2.45) is 5.41 Å². The summed E-state index contributed by atoms with van der Waals surface area (Å²) in [5, 5.41) is 8.92. The molecule has 0 aliphatic carbocycles. The van der Waals surface area contributed by atoms with Gasteiger partial charge in [-0.15, -0.1) is 0 Å². The molecule has 0 aromatic heterocycles. The number of aliphatic hydroxyl groups is 1. The van der Waals surface area contributed by atoms with Crippen LogP contribution in [-0.2, 0) is 18.1 Å². The van der Waals surface area contributed by atoms with E-state index in [1.807, 2.05) is 0 Å². The molecule has 0 radical (unpaired) electrons. The van der Waals surface area contributed by atoms with Gasteiger partial charge in [-0.25, -0.2) is 4.57 Å². The molecule has 0 atom stereocenters. The van der Waals surface area contributed by atoms with Crippen molar-refractivity contribution in [2.75, 3.05) is 26.4 Å². The molecule has 0 spiro atoms. The van der Waals surface area contributed by atoms with Gasteiger partial charge in [0.15, 0.2) is 0 Å². The maximum Gasteiger partial charge on any atom is 0.474 e. The zero-order valence-electron chi connectivity index (χ0n) is 5.86. The lowest BCUT2D eigenvalue weighted by Gasteiger charge is -2.42. The fraction of sp³-hybridized carbons (Fsp3) is 1.00. The largest absolute Gasteiger partial charge is 0.474 e. The fourth-order valence-corrected chi connectivity index (χ4v) is 2.54. The summed E-state index contributed by atoms with van der Waals surface area (Å²) in [5.74, 6) is 0. The van der Waals surface area contributed by atoms with E-state index in [9.17, 15) is 4.57 Å². The van der Waals surface area contributed by atoms with Crippen molar-refractivity contribution in [3.05, 3.63) is 0 Å². The van der Waals surface area contributed by atoms with E-state index in [0.717, 1.165) is 0 Å². The maximum atomic E-state index is 11.1. The molecule has 0 amide bonds. The Kier molecular flexibility index (Phi) is 1.60. The minimum Gasteiger partial charge on any atom is -0.396 e. The molecule has 6 heteroatoms. The van der Waals surface area contributed by atoms with E-state index in [0.29, 0.717) is 0 Å². The molecule has 3 aliphatic heterocycles. The van der Waals surface area contributed by atoms with Crippen LogP contribution in [0.3, 0.4) is 0 Å². The SMILES string of the molecule is O=P12OCC(CO)(CO1)CO2. The molecule has 1 N–H and O–H groups in total. The van der Waals surface area contributed by atoms with E-state index < -0.39 is 13.2 Å². The molecule has 3 rings (SSSR count). The fourth-order valence-electron chi connectivity index (χ4n) is 1.02. The summed E-state index contributed by atoms with van der Waals surface area (Å²) >= 11 is 0. The van der Waals surface area contributed by atoms with Gasteiger partial charge < -0.3 is 5.11 Å². The second-order valence-electron chi connectivity index (χ2n) is 2.93. The van der Waals surface area contributed by atoms with Crippen LogP contribution in [0.1, 0.15) is 0 Å². The molecule has 3 aliphatic rings. The van der Waals surface area contributed by atoms with E-state index >= 15 is 0 Å². The van der Waals surface area contributed by atoms with E-state index in [4.69, 9.17) is 18.7 Å². The first kappa shape index (κ1) is 7.71. The molecule has 5 nitrogen and oxygen atoms in total. The van der Waals surface area contributed by atoms with Crippen LogP contribution in [0.5, 0.6) is 0 Å². The molecule has 0 unspecified atom stereocenters. The smallest absolute Gasteiger partial charge is 0.396 e. The summed E-state index contributed by atoms with van der Waals surface area (Å²) in [4.78, 5) is 0. The Bertz CT molecular complexity index is 184. The van der Waals surface area contributed by atoms with Crippen molar-refractivity contribution >= 4 is 7.82 Å². The molecule has 3 heterocycles.